The van der Waals surface area contributed by atoms with Gasteiger partial charge in [0.15, 0.2) is 0 Å². The highest BCUT2D eigenvalue weighted by Gasteiger charge is 2.13. The van der Waals surface area contributed by atoms with Crippen molar-refractivity contribution in [2.24, 2.45) is 0 Å². The summed E-state index contributed by atoms with van der Waals surface area (Å²) in [6.45, 7) is 4.23. The summed E-state index contributed by atoms with van der Waals surface area (Å²) in [5, 5.41) is 5.99. The van der Waals surface area contributed by atoms with Gasteiger partial charge in [-0.2, -0.15) is 0 Å². The number of amides is 1. The first kappa shape index (κ1) is 11.9. The van der Waals surface area contributed by atoms with Crippen LogP contribution in [0, 0.1) is 0 Å². The van der Waals surface area contributed by atoms with Crippen LogP contribution in [0.25, 0.3) is 0 Å². The Morgan fingerprint density at radius 2 is 2.18 bits per heavy atom. The molecule has 1 fully saturated rings. The topological polar surface area (TPSA) is 70.2 Å². The number of hydrogen-bond acceptors (Lipinski definition) is 5. The first-order valence-corrected chi connectivity index (χ1v) is 5.84. The van der Waals surface area contributed by atoms with Gasteiger partial charge >= 0.3 is 0 Å². The Hall–Kier alpha value is -1.53. The van der Waals surface area contributed by atoms with Gasteiger partial charge in [0.05, 0.1) is 6.54 Å². The molecule has 0 unspecified atom stereocenters. The van der Waals surface area contributed by atoms with Crippen molar-refractivity contribution in [1.82, 2.24) is 20.2 Å². The van der Waals surface area contributed by atoms with Crippen LogP contribution in [0.4, 0.5) is 5.95 Å². The molecule has 6 nitrogen and oxygen atoms in total. The maximum absolute atomic E-state index is 11.7. The van der Waals surface area contributed by atoms with Crippen molar-refractivity contribution in [1.29, 1.82) is 0 Å². The smallest absolute Gasteiger partial charge is 0.240 e. The van der Waals surface area contributed by atoms with Crippen molar-refractivity contribution < 1.29 is 4.79 Å². The molecule has 0 atom stereocenters. The summed E-state index contributed by atoms with van der Waals surface area (Å²) < 4.78 is 0. The fourth-order valence-electron chi connectivity index (χ4n) is 1.79. The molecular weight excluding hydrogens is 218 g/mol. The Kier molecular flexibility index (Phi) is 4.40. The Morgan fingerprint density at radius 1 is 1.35 bits per heavy atom. The van der Waals surface area contributed by atoms with Crippen LogP contribution in [0.3, 0.4) is 0 Å². The number of nitrogens with one attached hydrogen (secondary N) is 2. The summed E-state index contributed by atoms with van der Waals surface area (Å²) in [6.07, 6.45) is 4.30. The average molecular weight is 235 g/mol. The molecular formula is C11H17N5O. The minimum absolute atomic E-state index is 0.0573. The van der Waals surface area contributed by atoms with Gasteiger partial charge in [0, 0.05) is 25.5 Å². The maximum Gasteiger partial charge on any atom is 0.240 e. The summed E-state index contributed by atoms with van der Waals surface area (Å²) in [7, 11) is 0. The molecule has 92 valence electrons. The van der Waals surface area contributed by atoms with E-state index in [4.69, 9.17) is 0 Å². The first-order chi connectivity index (χ1) is 8.34. The highest BCUT2D eigenvalue weighted by atomic mass is 16.2. The largest absolute Gasteiger partial charge is 0.315 e. The Bertz CT molecular complexity index is 348. The lowest BCUT2D eigenvalue weighted by molar-refractivity contribution is -0.117. The van der Waals surface area contributed by atoms with E-state index in [0.29, 0.717) is 12.5 Å². The molecule has 2 heterocycles. The second-order valence-electron chi connectivity index (χ2n) is 4.00. The zero-order valence-corrected chi connectivity index (χ0v) is 9.72. The molecule has 0 aromatic carbocycles. The second-order valence-corrected chi connectivity index (χ2v) is 4.00. The molecule has 1 saturated heterocycles. The molecule has 0 saturated carbocycles. The lowest BCUT2D eigenvalue weighted by Gasteiger charge is -2.18. The summed E-state index contributed by atoms with van der Waals surface area (Å²) in [5.41, 5.74) is 0. The van der Waals surface area contributed by atoms with Crippen LogP contribution in [-0.2, 0) is 4.79 Å². The van der Waals surface area contributed by atoms with Gasteiger partial charge in [-0.3, -0.25) is 15.0 Å². The molecule has 2 rings (SSSR count). The van der Waals surface area contributed by atoms with Gasteiger partial charge in [-0.25, -0.2) is 9.97 Å². The number of nitrogens with zero attached hydrogens (tertiary/aromatic N) is 3. The minimum Gasteiger partial charge on any atom is -0.315 e. The predicted octanol–water partition coefficient (Wildman–Crippen LogP) is -0.290. The molecule has 17 heavy (non-hydrogen) atoms. The van der Waals surface area contributed by atoms with Crippen LogP contribution in [-0.4, -0.2) is 53.5 Å². The van der Waals surface area contributed by atoms with E-state index >= 15 is 0 Å². The number of carbonyl (C=O) groups is 1. The Balaban J connectivity index is 1.80. The van der Waals surface area contributed by atoms with Gasteiger partial charge in [0.1, 0.15) is 0 Å². The van der Waals surface area contributed by atoms with Crippen molar-refractivity contribution in [2.75, 3.05) is 38.0 Å². The number of hydrogen-bond donors (Lipinski definition) is 2. The standard InChI is InChI=1S/C11H17N5O/c17-10(15-11-13-4-1-5-14-11)9-16-7-2-3-12-6-8-16/h1,4-5,12H,2-3,6-9H2,(H,13,14,15,17). The van der Waals surface area contributed by atoms with Crippen LogP contribution < -0.4 is 10.6 Å². The van der Waals surface area contributed by atoms with E-state index in [0.717, 1.165) is 32.6 Å². The molecule has 1 aliphatic heterocycles. The highest BCUT2D eigenvalue weighted by Crippen LogP contribution is 1.98. The normalized spacial score (nSPS) is 17.4. The summed E-state index contributed by atoms with van der Waals surface area (Å²) in [4.78, 5) is 21.8. The van der Waals surface area contributed by atoms with E-state index in [-0.39, 0.29) is 5.91 Å². The number of anilines is 1. The van der Waals surface area contributed by atoms with Crippen LogP contribution in [0.1, 0.15) is 6.42 Å². The highest BCUT2D eigenvalue weighted by molar-refractivity contribution is 5.90. The van der Waals surface area contributed by atoms with Gasteiger partial charge in [-0.15, -0.1) is 0 Å². The van der Waals surface area contributed by atoms with Gasteiger partial charge in [-0.1, -0.05) is 0 Å². The van der Waals surface area contributed by atoms with Crippen molar-refractivity contribution >= 4 is 11.9 Å². The fraction of sp³-hybridized carbons (Fsp3) is 0.545. The minimum atomic E-state index is -0.0573. The van der Waals surface area contributed by atoms with Gasteiger partial charge < -0.3 is 5.32 Å². The van der Waals surface area contributed by atoms with E-state index in [2.05, 4.69) is 25.5 Å². The number of carbonyl (C=O) groups excluding carboxylic acids is 1. The van der Waals surface area contributed by atoms with Gasteiger partial charge in [0.25, 0.3) is 0 Å². The second kappa shape index (κ2) is 6.27. The lowest BCUT2D eigenvalue weighted by Crippen LogP contribution is -2.35. The summed E-state index contributed by atoms with van der Waals surface area (Å²) >= 11 is 0. The molecule has 1 aromatic rings. The Morgan fingerprint density at radius 3 is 3.00 bits per heavy atom. The van der Waals surface area contributed by atoms with Crippen molar-refractivity contribution in [3.8, 4) is 0 Å². The number of aromatic nitrogens is 2. The third kappa shape index (κ3) is 4.08. The van der Waals surface area contributed by atoms with Crippen LogP contribution in [0.5, 0.6) is 0 Å². The van der Waals surface area contributed by atoms with Crippen LogP contribution in [0.2, 0.25) is 0 Å². The van der Waals surface area contributed by atoms with Crippen LogP contribution in [0.15, 0.2) is 18.5 Å². The number of rotatable bonds is 3. The molecule has 0 spiro atoms. The van der Waals surface area contributed by atoms with Crippen molar-refractivity contribution in [2.45, 2.75) is 6.42 Å². The monoisotopic (exact) mass is 235 g/mol. The maximum atomic E-state index is 11.7. The Labute approximate surface area is 100 Å². The fourth-order valence-corrected chi connectivity index (χ4v) is 1.79. The molecule has 6 heteroatoms. The third-order valence-corrected chi connectivity index (χ3v) is 2.62. The van der Waals surface area contributed by atoms with E-state index in [1.807, 2.05) is 0 Å². The molecule has 0 bridgehead atoms. The van der Waals surface area contributed by atoms with E-state index < -0.39 is 0 Å². The lowest BCUT2D eigenvalue weighted by atomic mass is 10.4. The quantitative estimate of drug-likeness (QED) is 0.753. The average Bonchev–Trinajstić information content (AvgIpc) is 2.59. The van der Waals surface area contributed by atoms with Gasteiger partial charge in [-0.05, 0) is 25.6 Å². The summed E-state index contributed by atoms with van der Waals surface area (Å²) in [6, 6.07) is 1.72. The SMILES string of the molecule is O=C(CN1CCCNCC1)Nc1ncccn1. The van der Waals surface area contributed by atoms with Crippen molar-refractivity contribution in [3.05, 3.63) is 18.5 Å². The zero-order valence-electron chi connectivity index (χ0n) is 9.72. The first-order valence-electron chi connectivity index (χ1n) is 5.84. The summed E-state index contributed by atoms with van der Waals surface area (Å²) in [5.74, 6) is 0.309. The predicted molar refractivity (Wildman–Crippen MR) is 64.6 cm³/mol. The van der Waals surface area contributed by atoms with E-state index in [9.17, 15) is 4.79 Å². The van der Waals surface area contributed by atoms with E-state index in [1.54, 1.807) is 18.5 Å². The molecule has 1 aromatic heterocycles. The van der Waals surface area contributed by atoms with Crippen molar-refractivity contribution in [3.63, 3.8) is 0 Å². The van der Waals surface area contributed by atoms with E-state index in [1.165, 1.54) is 0 Å². The molecule has 0 radical (unpaired) electrons. The zero-order chi connectivity index (χ0) is 11.9. The third-order valence-electron chi connectivity index (χ3n) is 2.62. The molecule has 1 amide bonds. The molecule has 1 aliphatic rings. The molecule has 0 aliphatic carbocycles. The van der Waals surface area contributed by atoms with Gasteiger partial charge in [0.2, 0.25) is 11.9 Å². The molecule has 2 N–H and O–H groups in total. The van der Waals surface area contributed by atoms with Crippen LogP contribution >= 0.6 is 0 Å².